The van der Waals surface area contributed by atoms with Gasteiger partial charge in [0.05, 0.1) is 14.2 Å². The second kappa shape index (κ2) is 19.0. The van der Waals surface area contributed by atoms with Crippen LogP contribution in [0.1, 0.15) is 89.0 Å². The van der Waals surface area contributed by atoms with Crippen LogP contribution in [0.25, 0.3) is 0 Å². The minimum Gasteiger partial charge on any atom is -0.497 e. The number of aryl methyl sites for hydroxylation is 12. The van der Waals surface area contributed by atoms with Gasteiger partial charge in [-0.15, -0.1) is 0 Å². The predicted molar refractivity (Wildman–Crippen MR) is 276 cm³/mol. The average molecular weight is 835 g/mol. The molecule has 4 heteroatoms. The SMILES string of the molecule is COc1ccc(C#Cc2cc(B(c3c(C)cc(C)cc3C)c3c(C)cc(C)cc3C)c(C#Cc3ccc(OC)cc3)cc2B(c2c(C)cc(C)cc2C)c2c(C)cc(C)cc2C)cc1. The molecule has 0 heterocycles. The van der Waals surface area contributed by atoms with Crippen molar-refractivity contribution in [2.24, 2.45) is 0 Å². The Morgan fingerprint density at radius 3 is 0.766 bits per heavy atom. The van der Waals surface area contributed by atoms with Crippen molar-refractivity contribution >= 4 is 46.2 Å². The highest BCUT2D eigenvalue weighted by Gasteiger charge is 2.35. The summed E-state index contributed by atoms with van der Waals surface area (Å²) in [7, 11) is 3.40. The maximum absolute atomic E-state index is 5.53. The molecule has 0 saturated heterocycles. The van der Waals surface area contributed by atoms with Gasteiger partial charge in [0.15, 0.2) is 0 Å². The van der Waals surface area contributed by atoms with Crippen molar-refractivity contribution in [2.45, 2.75) is 83.1 Å². The molecule has 0 unspecified atom stereocenters. The highest BCUT2D eigenvalue weighted by atomic mass is 16.5. The second-order valence-electron chi connectivity index (χ2n) is 18.1. The molecule has 0 aliphatic carbocycles. The first kappa shape index (κ1) is 45.4. The van der Waals surface area contributed by atoms with Gasteiger partial charge in [-0.3, -0.25) is 0 Å². The Labute approximate surface area is 384 Å². The maximum atomic E-state index is 5.53. The van der Waals surface area contributed by atoms with Crippen molar-refractivity contribution in [2.75, 3.05) is 14.2 Å². The molecule has 0 aliphatic heterocycles. The Bertz CT molecular complexity index is 2620. The topological polar surface area (TPSA) is 18.5 Å². The lowest BCUT2D eigenvalue weighted by molar-refractivity contribution is 0.414. The van der Waals surface area contributed by atoms with Crippen molar-refractivity contribution in [3.63, 3.8) is 0 Å². The van der Waals surface area contributed by atoms with Crippen LogP contribution < -0.4 is 42.3 Å². The maximum Gasteiger partial charge on any atom is 0.244 e. The minimum atomic E-state index is -0.124. The van der Waals surface area contributed by atoms with Gasteiger partial charge in [-0.2, -0.15) is 0 Å². The fraction of sp³-hybridized carbons (Fsp3) is 0.233. The van der Waals surface area contributed by atoms with E-state index in [1.807, 2.05) is 48.5 Å². The van der Waals surface area contributed by atoms with Gasteiger partial charge in [0.1, 0.15) is 11.5 Å². The molecule has 0 amide bonds. The van der Waals surface area contributed by atoms with Gasteiger partial charge in [-0.1, -0.05) is 184 Å². The van der Waals surface area contributed by atoms with E-state index in [9.17, 15) is 0 Å². The molecule has 0 atom stereocenters. The Kier molecular flexibility index (Phi) is 13.5. The molecule has 7 aromatic rings. The quantitative estimate of drug-likeness (QED) is 0.112. The third-order valence-corrected chi connectivity index (χ3v) is 12.8. The van der Waals surface area contributed by atoms with Gasteiger partial charge in [-0.25, -0.2) is 0 Å². The van der Waals surface area contributed by atoms with Gasteiger partial charge < -0.3 is 9.47 Å². The zero-order chi connectivity index (χ0) is 46.0. The molecule has 0 spiro atoms. The lowest BCUT2D eigenvalue weighted by atomic mass is 9.31. The van der Waals surface area contributed by atoms with E-state index in [4.69, 9.17) is 9.47 Å². The largest absolute Gasteiger partial charge is 0.497 e. The summed E-state index contributed by atoms with van der Waals surface area (Å²) in [5.41, 5.74) is 26.5. The molecule has 0 fully saturated rings. The average Bonchev–Trinajstić information content (AvgIpc) is 3.23. The third kappa shape index (κ3) is 9.49. The minimum absolute atomic E-state index is 0.124. The molecule has 0 bridgehead atoms. The van der Waals surface area contributed by atoms with Crippen LogP contribution in [0.5, 0.6) is 11.5 Å². The molecule has 0 aliphatic rings. The van der Waals surface area contributed by atoms with E-state index >= 15 is 0 Å². The Balaban J connectivity index is 1.68. The molecular weight excluding hydrogens is 774 g/mol. The predicted octanol–water partition coefficient (Wildman–Crippen LogP) is 9.24. The normalized spacial score (nSPS) is 10.7. The number of hydrogen-bond donors (Lipinski definition) is 0. The van der Waals surface area contributed by atoms with Crippen LogP contribution in [0.2, 0.25) is 0 Å². The summed E-state index contributed by atoms with van der Waals surface area (Å²) < 4.78 is 11.1. The molecule has 64 heavy (non-hydrogen) atoms. The van der Waals surface area contributed by atoms with Crippen LogP contribution >= 0.6 is 0 Å². The Morgan fingerprint density at radius 1 is 0.312 bits per heavy atom. The first-order valence-electron chi connectivity index (χ1n) is 22.4. The first-order valence-corrected chi connectivity index (χ1v) is 22.4. The van der Waals surface area contributed by atoms with Gasteiger partial charge in [0.25, 0.3) is 0 Å². The standard InChI is InChI=1S/C60H60B2O2/c1-37-27-41(5)57(42(6)28-37)61(58-43(7)29-38(2)30-44(58)8)55-35-52(22-16-50-19-25-54(64-14)26-20-50)56(36-51(55)21-15-49-17-23-53(63-13)24-18-49)62(59-45(9)31-39(3)32-46(59)10)60-47(11)33-40(4)34-48(60)12/h17-20,23-36H,1-14H3. The molecule has 0 saturated carbocycles. The first-order chi connectivity index (χ1) is 30.6. The zero-order valence-corrected chi connectivity index (χ0v) is 40.4. The monoisotopic (exact) mass is 834 g/mol. The number of methoxy groups -OCH3 is 2. The molecule has 0 N–H and O–H groups in total. The summed E-state index contributed by atoms with van der Waals surface area (Å²) in [6.45, 7) is 26.7. The summed E-state index contributed by atoms with van der Waals surface area (Å²) in [6.07, 6.45) is 0. The van der Waals surface area contributed by atoms with E-state index < -0.39 is 0 Å². The fourth-order valence-corrected chi connectivity index (χ4v) is 10.5. The smallest absolute Gasteiger partial charge is 0.244 e. The van der Waals surface area contributed by atoms with E-state index in [2.05, 4.69) is 167 Å². The molecule has 318 valence electrons. The van der Waals surface area contributed by atoms with Crippen molar-refractivity contribution < 1.29 is 9.47 Å². The summed E-state index contributed by atoms with van der Waals surface area (Å²) in [4.78, 5) is 0. The van der Waals surface area contributed by atoms with Crippen LogP contribution in [-0.4, -0.2) is 27.6 Å². The fourth-order valence-electron chi connectivity index (χ4n) is 10.5. The zero-order valence-electron chi connectivity index (χ0n) is 40.4. The molecule has 2 nitrogen and oxygen atoms in total. The number of benzene rings is 7. The second-order valence-corrected chi connectivity index (χ2v) is 18.1. The van der Waals surface area contributed by atoms with Crippen molar-refractivity contribution in [3.8, 4) is 35.2 Å². The van der Waals surface area contributed by atoms with Crippen LogP contribution in [0.3, 0.4) is 0 Å². The summed E-state index contributed by atoms with van der Waals surface area (Å²) in [5, 5.41) is 0. The number of rotatable bonds is 8. The molecule has 7 aromatic carbocycles. The lowest BCUT2D eigenvalue weighted by Crippen LogP contribution is -2.59. The van der Waals surface area contributed by atoms with Crippen molar-refractivity contribution in [1.82, 2.24) is 0 Å². The molecule has 0 aromatic heterocycles. The lowest BCUT2D eigenvalue weighted by Gasteiger charge is -2.28. The van der Waals surface area contributed by atoms with Gasteiger partial charge in [0.2, 0.25) is 13.4 Å². The highest BCUT2D eigenvalue weighted by molar-refractivity contribution is 6.98. The molecule has 7 rings (SSSR count). The molecule has 0 radical (unpaired) electrons. The number of ether oxygens (including phenoxy) is 2. The van der Waals surface area contributed by atoms with Crippen molar-refractivity contribution in [3.05, 3.63) is 198 Å². The van der Waals surface area contributed by atoms with E-state index in [0.29, 0.717) is 0 Å². The van der Waals surface area contributed by atoms with Crippen LogP contribution in [0.4, 0.5) is 0 Å². The van der Waals surface area contributed by atoms with Gasteiger partial charge in [0, 0.05) is 22.3 Å². The van der Waals surface area contributed by atoms with Crippen molar-refractivity contribution in [1.29, 1.82) is 0 Å². The van der Waals surface area contributed by atoms with E-state index in [-0.39, 0.29) is 13.4 Å². The summed E-state index contributed by atoms with van der Waals surface area (Å²) in [6, 6.07) is 39.6. The summed E-state index contributed by atoms with van der Waals surface area (Å²) >= 11 is 0. The summed E-state index contributed by atoms with van der Waals surface area (Å²) in [5.74, 6) is 16.5. The van der Waals surface area contributed by atoms with E-state index in [1.54, 1.807) is 14.2 Å². The van der Waals surface area contributed by atoms with Crippen LogP contribution in [0.15, 0.2) is 109 Å². The Hall–Kier alpha value is -6.61. The third-order valence-electron chi connectivity index (χ3n) is 12.8. The van der Waals surface area contributed by atoms with Crippen LogP contribution in [0, 0.1) is 107 Å². The van der Waals surface area contributed by atoms with Gasteiger partial charge in [-0.05, 0) is 132 Å². The van der Waals surface area contributed by atoms with E-state index in [1.165, 1.54) is 88.6 Å². The Morgan fingerprint density at radius 2 is 0.547 bits per heavy atom. The number of hydrogen-bond acceptors (Lipinski definition) is 2. The highest BCUT2D eigenvalue weighted by Crippen LogP contribution is 2.19. The van der Waals surface area contributed by atoms with Crippen LogP contribution in [-0.2, 0) is 0 Å². The molecular formula is C60H60B2O2. The van der Waals surface area contributed by atoms with E-state index in [0.717, 1.165) is 44.7 Å². The van der Waals surface area contributed by atoms with Gasteiger partial charge >= 0.3 is 0 Å².